The molecule has 0 radical (unpaired) electrons. The highest BCUT2D eigenvalue weighted by molar-refractivity contribution is 5.86. The second kappa shape index (κ2) is 9.75. The second-order valence-electron chi connectivity index (χ2n) is 10.6. The number of rotatable bonds is 7. The molecule has 0 aliphatic heterocycles. The van der Waals surface area contributed by atoms with E-state index in [1.165, 1.54) is 0 Å². The summed E-state index contributed by atoms with van der Waals surface area (Å²) in [5.74, 6) is 0.365. The van der Waals surface area contributed by atoms with Crippen LogP contribution >= 0.6 is 0 Å². The molecule has 4 heteroatoms. The fourth-order valence-corrected chi connectivity index (χ4v) is 3.54. The molecule has 1 aliphatic rings. The van der Waals surface area contributed by atoms with Gasteiger partial charge in [0.25, 0.3) is 0 Å². The van der Waals surface area contributed by atoms with E-state index in [0.717, 1.165) is 32.1 Å². The van der Waals surface area contributed by atoms with Gasteiger partial charge in [-0.1, -0.05) is 48.1 Å². The molecule has 0 heterocycles. The lowest BCUT2D eigenvalue weighted by molar-refractivity contribution is -0.156. The fourth-order valence-electron chi connectivity index (χ4n) is 3.54. The maximum Gasteiger partial charge on any atom is 0.333 e. The lowest BCUT2D eigenvalue weighted by Gasteiger charge is -2.34. The molecule has 1 unspecified atom stereocenters. The number of hydrogen-bond donors (Lipinski definition) is 0. The molecule has 1 aliphatic carbocycles. The lowest BCUT2D eigenvalue weighted by Crippen LogP contribution is -2.34. The Kier molecular flexibility index (Phi) is 8.56. The molecule has 4 nitrogen and oxygen atoms in total. The first-order valence-electron chi connectivity index (χ1n) is 10.3. The SMILES string of the molecule is C=C(C)C(=O)OCC1CCC(COC(=O)C(CC(C)(C)C)C(C)(C)C)CC1. The van der Waals surface area contributed by atoms with Crippen LogP contribution in [0.1, 0.15) is 80.6 Å². The molecule has 0 aromatic carbocycles. The van der Waals surface area contributed by atoms with Gasteiger partial charge in [0.2, 0.25) is 0 Å². The predicted octanol–water partition coefficient (Wildman–Crippen LogP) is 5.55. The molecule has 0 bridgehead atoms. The summed E-state index contributed by atoms with van der Waals surface area (Å²) in [5, 5.41) is 0. The van der Waals surface area contributed by atoms with Gasteiger partial charge in [0.15, 0.2) is 0 Å². The van der Waals surface area contributed by atoms with E-state index < -0.39 is 0 Å². The molecule has 0 spiro atoms. The van der Waals surface area contributed by atoms with Crippen LogP contribution in [0.2, 0.25) is 0 Å². The van der Waals surface area contributed by atoms with Crippen molar-refractivity contribution in [1.29, 1.82) is 0 Å². The van der Waals surface area contributed by atoms with Crippen molar-refractivity contribution < 1.29 is 19.1 Å². The average Bonchev–Trinajstić information content (AvgIpc) is 2.54. The first-order valence-corrected chi connectivity index (χ1v) is 10.3. The minimum atomic E-state index is -0.307. The molecule has 27 heavy (non-hydrogen) atoms. The van der Waals surface area contributed by atoms with Crippen molar-refractivity contribution in [3.8, 4) is 0 Å². The van der Waals surface area contributed by atoms with Gasteiger partial charge in [-0.15, -0.1) is 0 Å². The van der Waals surface area contributed by atoms with Gasteiger partial charge in [-0.3, -0.25) is 4.79 Å². The van der Waals surface area contributed by atoms with Gasteiger partial charge in [-0.05, 0) is 61.7 Å². The summed E-state index contributed by atoms with van der Waals surface area (Å²) in [6, 6.07) is 0. The third-order valence-electron chi connectivity index (χ3n) is 5.37. The summed E-state index contributed by atoms with van der Waals surface area (Å²) in [6.07, 6.45) is 4.88. The summed E-state index contributed by atoms with van der Waals surface area (Å²) >= 11 is 0. The van der Waals surface area contributed by atoms with E-state index in [9.17, 15) is 9.59 Å². The number of ether oxygens (including phenoxy) is 2. The van der Waals surface area contributed by atoms with E-state index in [2.05, 4.69) is 48.1 Å². The quantitative estimate of drug-likeness (QED) is 0.429. The van der Waals surface area contributed by atoms with Crippen molar-refractivity contribution >= 4 is 11.9 Å². The first-order chi connectivity index (χ1) is 12.3. The Bertz CT molecular complexity index is 513. The number of carbonyl (C=O) groups excluding carboxylic acids is 2. The van der Waals surface area contributed by atoms with Gasteiger partial charge in [-0.25, -0.2) is 4.79 Å². The van der Waals surface area contributed by atoms with Crippen molar-refractivity contribution in [2.45, 2.75) is 80.6 Å². The molecule has 0 aromatic heterocycles. The fraction of sp³-hybridized carbons (Fsp3) is 0.826. The van der Waals surface area contributed by atoms with Gasteiger partial charge in [0.1, 0.15) is 0 Å². The van der Waals surface area contributed by atoms with Crippen molar-refractivity contribution in [2.75, 3.05) is 13.2 Å². The Balaban J connectivity index is 2.42. The number of carbonyl (C=O) groups is 2. The van der Waals surface area contributed by atoms with Crippen LogP contribution in [0, 0.1) is 28.6 Å². The van der Waals surface area contributed by atoms with Crippen LogP contribution in [0.3, 0.4) is 0 Å². The summed E-state index contributed by atoms with van der Waals surface area (Å²) < 4.78 is 11.0. The van der Waals surface area contributed by atoms with Crippen LogP contribution in [0.15, 0.2) is 12.2 Å². The van der Waals surface area contributed by atoms with E-state index in [4.69, 9.17) is 9.47 Å². The Hall–Kier alpha value is -1.32. The molecule has 1 saturated carbocycles. The van der Waals surface area contributed by atoms with Crippen molar-refractivity contribution in [2.24, 2.45) is 28.6 Å². The predicted molar refractivity (Wildman–Crippen MR) is 109 cm³/mol. The van der Waals surface area contributed by atoms with E-state index in [1.54, 1.807) is 6.92 Å². The molecule has 0 aromatic rings. The normalized spacial score (nSPS) is 22.0. The standard InChI is InChI=1S/C23H40O4/c1-16(2)20(24)26-14-17-9-11-18(12-10-17)15-27-21(25)19(23(6,7)8)13-22(3,4)5/h17-19H,1,9-15H2,2-8H3. The summed E-state index contributed by atoms with van der Waals surface area (Å²) in [5.41, 5.74) is 0.435. The summed E-state index contributed by atoms with van der Waals surface area (Å²) in [6.45, 7) is 19.1. The van der Waals surface area contributed by atoms with Gasteiger partial charge in [0.05, 0.1) is 19.1 Å². The molecular formula is C23H40O4. The van der Waals surface area contributed by atoms with E-state index in [1.807, 2.05) is 0 Å². The van der Waals surface area contributed by atoms with Crippen LogP contribution in [0.5, 0.6) is 0 Å². The minimum absolute atomic E-state index is 0.0602. The van der Waals surface area contributed by atoms with Crippen LogP contribution in [-0.2, 0) is 19.1 Å². The molecule has 0 amide bonds. The molecule has 0 N–H and O–H groups in total. The van der Waals surface area contributed by atoms with Gasteiger partial charge < -0.3 is 9.47 Å². The van der Waals surface area contributed by atoms with Crippen LogP contribution in [-0.4, -0.2) is 25.2 Å². The summed E-state index contributed by atoms with van der Waals surface area (Å²) in [7, 11) is 0. The second-order valence-corrected chi connectivity index (χ2v) is 10.6. The highest BCUT2D eigenvalue weighted by atomic mass is 16.5. The average molecular weight is 381 g/mol. The maximum absolute atomic E-state index is 12.7. The smallest absolute Gasteiger partial charge is 0.333 e. The minimum Gasteiger partial charge on any atom is -0.465 e. The molecule has 1 rings (SSSR count). The third kappa shape index (κ3) is 8.94. The Labute approximate surface area is 166 Å². The number of hydrogen-bond acceptors (Lipinski definition) is 4. The molecule has 0 saturated heterocycles. The van der Waals surface area contributed by atoms with E-state index in [0.29, 0.717) is 30.6 Å². The Morgan fingerprint density at radius 1 is 0.926 bits per heavy atom. The maximum atomic E-state index is 12.7. The lowest BCUT2D eigenvalue weighted by atomic mass is 9.72. The molecular weight excluding hydrogens is 340 g/mol. The Morgan fingerprint density at radius 3 is 1.74 bits per heavy atom. The first kappa shape index (κ1) is 23.7. The van der Waals surface area contributed by atoms with Gasteiger partial charge >= 0.3 is 11.9 Å². The molecule has 1 fully saturated rings. The van der Waals surface area contributed by atoms with Gasteiger partial charge in [-0.2, -0.15) is 0 Å². The third-order valence-corrected chi connectivity index (χ3v) is 5.37. The monoisotopic (exact) mass is 380 g/mol. The highest BCUT2D eigenvalue weighted by Gasteiger charge is 2.36. The van der Waals surface area contributed by atoms with Crippen LogP contribution < -0.4 is 0 Å². The zero-order valence-electron chi connectivity index (χ0n) is 18.5. The number of esters is 2. The van der Waals surface area contributed by atoms with Crippen LogP contribution in [0.4, 0.5) is 0 Å². The zero-order valence-corrected chi connectivity index (χ0v) is 18.5. The zero-order chi connectivity index (χ0) is 20.8. The highest BCUT2D eigenvalue weighted by Crippen LogP contribution is 2.37. The molecule has 156 valence electrons. The topological polar surface area (TPSA) is 52.6 Å². The Morgan fingerprint density at radius 2 is 1.37 bits per heavy atom. The van der Waals surface area contributed by atoms with Gasteiger partial charge in [0, 0.05) is 5.57 Å². The largest absolute Gasteiger partial charge is 0.465 e. The van der Waals surface area contributed by atoms with Crippen molar-refractivity contribution in [1.82, 2.24) is 0 Å². The summed E-state index contributed by atoms with van der Waals surface area (Å²) in [4.78, 5) is 24.2. The van der Waals surface area contributed by atoms with E-state index in [-0.39, 0.29) is 28.7 Å². The van der Waals surface area contributed by atoms with Crippen molar-refractivity contribution in [3.63, 3.8) is 0 Å². The van der Waals surface area contributed by atoms with Crippen molar-refractivity contribution in [3.05, 3.63) is 12.2 Å². The molecule has 1 atom stereocenters. The van der Waals surface area contributed by atoms with E-state index >= 15 is 0 Å². The van der Waals surface area contributed by atoms with Crippen LogP contribution in [0.25, 0.3) is 0 Å².